The highest BCUT2D eigenvalue weighted by Crippen LogP contribution is 2.41. The largest absolute Gasteiger partial charge is 0.296 e. The highest BCUT2D eigenvalue weighted by atomic mass is 35.5. The van der Waals surface area contributed by atoms with Crippen molar-refractivity contribution >= 4 is 22.4 Å². The second-order valence-corrected chi connectivity index (χ2v) is 9.93. The molecule has 0 radical (unpaired) electrons. The van der Waals surface area contributed by atoms with Gasteiger partial charge < -0.3 is 0 Å². The molecular weight excluding hydrogens is 404 g/mol. The van der Waals surface area contributed by atoms with Crippen LogP contribution in [0.4, 0.5) is 0 Å². The molecule has 6 heteroatoms. The predicted octanol–water partition coefficient (Wildman–Crippen LogP) is 4.36. The molecular formula is C23H31ClN2O2S. The van der Waals surface area contributed by atoms with E-state index in [2.05, 4.69) is 23.1 Å². The molecule has 1 aliphatic carbocycles. The molecule has 1 atom stereocenters. The number of aryl methyl sites for hydroxylation is 2. The van der Waals surface area contributed by atoms with Crippen molar-refractivity contribution in [3.8, 4) is 0 Å². The number of benzene rings is 2. The van der Waals surface area contributed by atoms with Crippen LogP contribution in [0.3, 0.4) is 0 Å². The maximum atomic E-state index is 13.0. The van der Waals surface area contributed by atoms with Crippen molar-refractivity contribution in [1.29, 1.82) is 0 Å². The maximum absolute atomic E-state index is 13.0. The SMILES string of the molecule is CCN(CCCN1CCc2cccc3c2[C@H]1CC3)S(=O)(=O)c1ccc(C)cc1.Cl. The minimum Gasteiger partial charge on any atom is -0.296 e. The number of hydrogen-bond donors (Lipinski definition) is 0. The van der Waals surface area contributed by atoms with Gasteiger partial charge in [0, 0.05) is 32.2 Å². The van der Waals surface area contributed by atoms with E-state index in [9.17, 15) is 8.42 Å². The van der Waals surface area contributed by atoms with Gasteiger partial charge in [-0.1, -0.05) is 42.8 Å². The zero-order valence-corrected chi connectivity index (χ0v) is 18.9. The lowest BCUT2D eigenvalue weighted by Crippen LogP contribution is -2.38. The fourth-order valence-corrected chi connectivity index (χ4v) is 6.26. The van der Waals surface area contributed by atoms with Gasteiger partial charge in [-0.3, -0.25) is 4.90 Å². The summed E-state index contributed by atoms with van der Waals surface area (Å²) in [6, 6.07) is 14.4. The summed E-state index contributed by atoms with van der Waals surface area (Å²) in [5.41, 5.74) is 5.68. The van der Waals surface area contributed by atoms with Gasteiger partial charge in [0.05, 0.1) is 4.90 Å². The van der Waals surface area contributed by atoms with E-state index in [1.54, 1.807) is 22.0 Å². The van der Waals surface area contributed by atoms with E-state index < -0.39 is 10.0 Å². The highest BCUT2D eigenvalue weighted by Gasteiger charge is 2.33. The summed E-state index contributed by atoms with van der Waals surface area (Å²) in [5, 5.41) is 0. The molecule has 2 aliphatic rings. The molecule has 0 aromatic heterocycles. The smallest absolute Gasteiger partial charge is 0.243 e. The van der Waals surface area contributed by atoms with E-state index in [0.29, 0.717) is 24.0 Å². The summed E-state index contributed by atoms with van der Waals surface area (Å²) in [7, 11) is -3.41. The van der Waals surface area contributed by atoms with E-state index in [-0.39, 0.29) is 12.4 Å². The average molecular weight is 435 g/mol. The summed E-state index contributed by atoms with van der Waals surface area (Å²) < 4.78 is 27.5. The lowest BCUT2D eigenvalue weighted by molar-refractivity contribution is 0.179. The highest BCUT2D eigenvalue weighted by molar-refractivity contribution is 7.89. The first-order chi connectivity index (χ1) is 13.5. The standard InChI is InChI=1S/C23H30N2O2S.ClH/c1-3-25(28(26,27)21-11-8-18(2)9-12-21)16-5-15-24-17-14-20-7-4-6-19-10-13-22(24)23(19)20;/h4,6-9,11-12,22H,3,5,10,13-17H2,1-2H3;1H/t22-;/m1./s1. The molecule has 4 nitrogen and oxygen atoms in total. The van der Waals surface area contributed by atoms with Crippen molar-refractivity contribution in [3.05, 3.63) is 64.7 Å². The molecule has 1 heterocycles. The van der Waals surface area contributed by atoms with Gasteiger partial charge in [-0.25, -0.2) is 8.42 Å². The summed E-state index contributed by atoms with van der Waals surface area (Å²) in [5.74, 6) is 0. The monoisotopic (exact) mass is 434 g/mol. The Kier molecular flexibility index (Phi) is 7.05. The Hall–Kier alpha value is -1.40. The molecule has 0 spiro atoms. The topological polar surface area (TPSA) is 40.6 Å². The summed E-state index contributed by atoms with van der Waals surface area (Å²) in [6.45, 7) is 7.01. The molecule has 0 fully saturated rings. The fraction of sp³-hybridized carbons (Fsp3) is 0.478. The van der Waals surface area contributed by atoms with Gasteiger partial charge in [-0.05, 0) is 61.4 Å². The zero-order chi connectivity index (χ0) is 19.7. The van der Waals surface area contributed by atoms with Crippen LogP contribution in [-0.4, -0.2) is 43.8 Å². The van der Waals surface area contributed by atoms with Crippen LogP contribution in [0.15, 0.2) is 47.4 Å². The first kappa shape index (κ1) is 22.3. The Bertz CT molecular complexity index is 944. The van der Waals surface area contributed by atoms with E-state index in [1.807, 2.05) is 26.0 Å². The van der Waals surface area contributed by atoms with Gasteiger partial charge >= 0.3 is 0 Å². The average Bonchev–Trinajstić information content (AvgIpc) is 3.13. The molecule has 0 bridgehead atoms. The number of hydrogen-bond acceptors (Lipinski definition) is 3. The lowest BCUT2D eigenvalue weighted by Gasteiger charge is -2.35. The van der Waals surface area contributed by atoms with Gasteiger partial charge in [-0.2, -0.15) is 4.31 Å². The van der Waals surface area contributed by atoms with E-state index >= 15 is 0 Å². The number of sulfonamides is 1. The van der Waals surface area contributed by atoms with Crippen molar-refractivity contribution in [1.82, 2.24) is 9.21 Å². The minimum absolute atomic E-state index is 0. The normalized spacial score (nSPS) is 18.5. The number of halogens is 1. The molecule has 158 valence electrons. The third-order valence-corrected chi connectivity index (χ3v) is 8.27. The molecule has 0 amide bonds. The van der Waals surface area contributed by atoms with Crippen molar-refractivity contribution in [2.24, 2.45) is 0 Å². The Balaban J connectivity index is 0.00000240. The van der Waals surface area contributed by atoms with Crippen LogP contribution in [0.25, 0.3) is 0 Å². The number of rotatable bonds is 7. The van der Waals surface area contributed by atoms with Crippen molar-refractivity contribution < 1.29 is 8.42 Å². The van der Waals surface area contributed by atoms with Crippen LogP contribution in [-0.2, 0) is 22.9 Å². The maximum Gasteiger partial charge on any atom is 0.243 e. The lowest BCUT2D eigenvalue weighted by atomic mass is 9.93. The first-order valence-electron chi connectivity index (χ1n) is 10.4. The molecule has 1 aliphatic heterocycles. The summed E-state index contributed by atoms with van der Waals surface area (Å²) >= 11 is 0. The number of nitrogens with zero attached hydrogens (tertiary/aromatic N) is 2. The molecule has 2 aromatic carbocycles. The van der Waals surface area contributed by atoms with Crippen LogP contribution < -0.4 is 0 Å². The second-order valence-electron chi connectivity index (χ2n) is 7.99. The van der Waals surface area contributed by atoms with E-state index in [1.165, 1.54) is 24.0 Å². The van der Waals surface area contributed by atoms with Crippen LogP contribution in [0.2, 0.25) is 0 Å². The van der Waals surface area contributed by atoms with Crippen molar-refractivity contribution in [2.45, 2.75) is 50.5 Å². The van der Waals surface area contributed by atoms with Crippen molar-refractivity contribution in [2.75, 3.05) is 26.2 Å². The van der Waals surface area contributed by atoms with Crippen LogP contribution in [0.5, 0.6) is 0 Å². The second kappa shape index (κ2) is 9.17. The molecule has 4 rings (SSSR count). The Morgan fingerprint density at radius 1 is 1.07 bits per heavy atom. The molecule has 0 N–H and O–H groups in total. The molecule has 2 aromatic rings. The summed E-state index contributed by atoms with van der Waals surface area (Å²) in [4.78, 5) is 2.97. The van der Waals surface area contributed by atoms with Crippen LogP contribution in [0, 0.1) is 6.92 Å². The van der Waals surface area contributed by atoms with Gasteiger partial charge in [0.1, 0.15) is 0 Å². The Morgan fingerprint density at radius 3 is 2.45 bits per heavy atom. The predicted molar refractivity (Wildman–Crippen MR) is 120 cm³/mol. The molecule has 0 unspecified atom stereocenters. The van der Waals surface area contributed by atoms with Crippen molar-refractivity contribution in [3.63, 3.8) is 0 Å². The molecule has 29 heavy (non-hydrogen) atoms. The fourth-order valence-electron chi connectivity index (χ4n) is 4.78. The van der Waals surface area contributed by atoms with Gasteiger partial charge in [0.2, 0.25) is 10.0 Å². The Morgan fingerprint density at radius 2 is 1.76 bits per heavy atom. The Labute approximate surface area is 181 Å². The van der Waals surface area contributed by atoms with Gasteiger partial charge in [0.25, 0.3) is 0 Å². The van der Waals surface area contributed by atoms with Crippen LogP contribution in [0.1, 0.15) is 48.1 Å². The van der Waals surface area contributed by atoms with Gasteiger partial charge in [-0.15, -0.1) is 12.4 Å². The van der Waals surface area contributed by atoms with Crippen LogP contribution >= 0.6 is 12.4 Å². The molecule has 0 saturated heterocycles. The van der Waals surface area contributed by atoms with E-state index in [0.717, 1.165) is 31.5 Å². The quantitative estimate of drug-likeness (QED) is 0.649. The molecule has 0 saturated carbocycles. The summed E-state index contributed by atoms with van der Waals surface area (Å²) in [6.07, 6.45) is 4.35. The van der Waals surface area contributed by atoms with Gasteiger partial charge in [0.15, 0.2) is 0 Å². The first-order valence-corrected chi connectivity index (χ1v) is 11.9. The third kappa shape index (κ3) is 4.38. The zero-order valence-electron chi connectivity index (χ0n) is 17.3. The minimum atomic E-state index is -3.41. The van der Waals surface area contributed by atoms with E-state index in [4.69, 9.17) is 0 Å². The third-order valence-electron chi connectivity index (χ3n) is 6.28.